The van der Waals surface area contributed by atoms with E-state index in [2.05, 4.69) is 22.5 Å². The second-order valence-electron chi connectivity index (χ2n) is 5.32. The van der Waals surface area contributed by atoms with Gasteiger partial charge >= 0.3 is 6.03 Å². The summed E-state index contributed by atoms with van der Waals surface area (Å²) in [6, 6.07) is 6.71. The molecule has 1 aromatic heterocycles. The van der Waals surface area contributed by atoms with Gasteiger partial charge in [0.05, 0.1) is 5.69 Å². The van der Waals surface area contributed by atoms with Crippen LogP contribution in [0.5, 0.6) is 0 Å². The Balaban J connectivity index is 1.64. The number of nitrogens with zero attached hydrogens (tertiary/aromatic N) is 1. The van der Waals surface area contributed by atoms with Gasteiger partial charge in [-0.15, -0.1) is 11.3 Å². The van der Waals surface area contributed by atoms with Gasteiger partial charge in [0, 0.05) is 15.6 Å². The Hall–Kier alpha value is -1.59. The van der Waals surface area contributed by atoms with Gasteiger partial charge in [-0.3, -0.25) is 5.32 Å². The van der Waals surface area contributed by atoms with Gasteiger partial charge < -0.3 is 5.32 Å². The lowest BCUT2D eigenvalue weighted by atomic mass is 9.93. The van der Waals surface area contributed by atoms with Crippen LogP contribution in [0.3, 0.4) is 0 Å². The number of amides is 2. The minimum absolute atomic E-state index is 0.281. The Bertz CT molecular complexity index is 653. The lowest BCUT2D eigenvalue weighted by Crippen LogP contribution is -2.19. The molecule has 0 spiro atoms. The third-order valence-electron chi connectivity index (χ3n) is 3.51. The molecule has 1 heterocycles. The SMILES string of the molecule is C[C@@H]1CCc2nc(NC(=O)Nc3ccc(Cl)cc3)sc2C1. The molecule has 1 aliphatic carbocycles. The number of aryl methyl sites for hydroxylation is 1. The van der Waals surface area contributed by atoms with E-state index in [-0.39, 0.29) is 6.03 Å². The Kier molecular flexibility index (Phi) is 4.12. The van der Waals surface area contributed by atoms with Crippen LogP contribution in [-0.4, -0.2) is 11.0 Å². The number of nitrogens with one attached hydrogen (secondary N) is 2. The van der Waals surface area contributed by atoms with E-state index in [1.54, 1.807) is 35.6 Å². The summed E-state index contributed by atoms with van der Waals surface area (Å²) in [4.78, 5) is 17.8. The number of thiazole rings is 1. The minimum atomic E-state index is -0.281. The lowest BCUT2D eigenvalue weighted by Gasteiger charge is -2.15. The summed E-state index contributed by atoms with van der Waals surface area (Å²) < 4.78 is 0. The van der Waals surface area contributed by atoms with Crippen molar-refractivity contribution >= 4 is 39.8 Å². The van der Waals surface area contributed by atoms with E-state index in [0.717, 1.165) is 18.5 Å². The number of benzene rings is 1. The second-order valence-corrected chi connectivity index (χ2v) is 6.84. The van der Waals surface area contributed by atoms with E-state index < -0.39 is 0 Å². The Labute approximate surface area is 132 Å². The number of aromatic nitrogens is 1. The van der Waals surface area contributed by atoms with Gasteiger partial charge in [0.15, 0.2) is 5.13 Å². The van der Waals surface area contributed by atoms with E-state index in [0.29, 0.717) is 21.8 Å². The maximum Gasteiger partial charge on any atom is 0.325 e. The molecule has 1 aliphatic rings. The molecule has 3 rings (SSSR count). The number of anilines is 2. The summed E-state index contributed by atoms with van der Waals surface area (Å²) in [5.41, 5.74) is 1.84. The highest BCUT2D eigenvalue weighted by Gasteiger charge is 2.20. The Morgan fingerprint density at radius 1 is 1.33 bits per heavy atom. The predicted octanol–water partition coefficient (Wildman–Crippen LogP) is 4.57. The summed E-state index contributed by atoms with van der Waals surface area (Å²) in [5, 5.41) is 6.87. The summed E-state index contributed by atoms with van der Waals surface area (Å²) in [6.07, 6.45) is 3.24. The highest BCUT2D eigenvalue weighted by Crippen LogP contribution is 2.32. The molecule has 0 fully saturated rings. The van der Waals surface area contributed by atoms with Gasteiger partial charge in [0.25, 0.3) is 0 Å². The van der Waals surface area contributed by atoms with Crippen molar-refractivity contribution in [3.05, 3.63) is 39.9 Å². The quantitative estimate of drug-likeness (QED) is 0.851. The summed E-state index contributed by atoms with van der Waals surface area (Å²) >= 11 is 7.39. The number of rotatable bonds is 2. The average molecular weight is 322 g/mol. The Morgan fingerprint density at radius 2 is 2.10 bits per heavy atom. The van der Waals surface area contributed by atoms with E-state index in [1.165, 1.54) is 11.3 Å². The molecule has 2 N–H and O–H groups in total. The average Bonchev–Trinajstić information content (AvgIpc) is 2.82. The molecule has 2 aromatic rings. The molecular formula is C15H16ClN3OS. The third kappa shape index (κ3) is 3.54. The highest BCUT2D eigenvalue weighted by atomic mass is 35.5. The van der Waals surface area contributed by atoms with Crippen molar-refractivity contribution in [2.45, 2.75) is 26.2 Å². The van der Waals surface area contributed by atoms with Crippen molar-refractivity contribution in [3.63, 3.8) is 0 Å². The first-order chi connectivity index (χ1) is 10.1. The molecule has 0 unspecified atom stereocenters. The molecular weight excluding hydrogens is 306 g/mol. The number of hydrogen-bond acceptors (Lipinski definition) is 3. The van der Waals surface area contributed by atoms with Crippen LogP contribution in [-0.2, 0) is 12.8 Å². The third-order valence-corrected chi connectivity index (χ3v) is 4.80. The maximum atomic E-state index is 12.0. The van der Waals surface area contributed by atoms with Crippen LogP contribution in [0.2, 0.25) is 5.02 Å². The summed E-state index contributed by atoms with van der Waals surface area (Å²) in [7, 11) is 0. The van der Waals surface area contributed by atoms with Crippen molar-refractivity contribution < 1.29 is 4.79 Å². The fourth-order valence-electron chi connectivity index (χ4n) is 2.39. The summed E-state index contributed by atoms with van der Waals surface area (Å²) in [6.45, 7) is 2.25. The van der Waals surface area contributed by atoms with Crippen LogP contribution in [0, 0.1) is 5.92 Å². The van der Waals surface area contributed by atoms with E-state index >= 15 is 0 Å². The molecule has 1 aromatic carbocycles. The van der Waals surface area contributed by atoms with Gasteiger partial charge in [0.1, 0.15) is 0 Å². The largest absolute Gasteiger partial charge is 0.325 e. The van der Waals surface area contributed by atoms with Crippen molar-refractivity contribution in [2.75, 3.05) is 10.6 Å². The molecule has 2 amide bonds. The van der Waals surface area contributed by atoms with Crippen LogP contribution in [0.1, 0.15) is 23.9 Å². The van der Waals surface area contributed by atoms with Gasteiger partial charge in [-0.05, 0) is 49.4 Å². The topological polar surface area (TPSA) is 54.0 Å². The number of hydrogen-bond donors (Lipinski definition) is 2. The predicted molar refractivity (Wildman–Crippen MR) is 87.4 cm³/mol. The minimum Gasteiger partial charge on any atom is -0.308 e. The molecule has 1 atom stereocenters. The van der Waals surface area contributed by atoms with Crippen LogP contribution < -0.4 is 10.6 Å². The van der Waals surface area contributed by atoms with Crippen molar-refractivity contribution in [2.24, 2.45) is 5.92 Å². The zero-order chi connectivity index (χ0) is 14.8. The van der Waals surface area contributed by atoms with Gasteiger partial charge in [-0.1, -0.05) is 18.5 Å². The monoisotopic (exact) mass is 321 g/mol. The lowest BCUT2D eigenvalue weighted by molar-refractivity contribution is 0.262. The van der Waals surface area contributed by atoms with Gasteiger partial charge in [-0.2, -0.15) is 0 Å². The number of halogens is 1. The number of carbonyl (C=O) groups excluding carboxylic acids is 1. The zero-order valence-electron chi connectivity index (χ0n) is 11.6. The van der Waals surface area contributed by atoms with Gasteiger partial charge in [-0.25, -0.2) is 9.78 Å². The zero-order valence-corrected chi connectivity index (χ0v) is 13.2. The molecule has 0 bridgehead atoms. The fourth-order valence-corrected chi connectivity index (χ4v) is 3.68. The molecule has 0 saturated heterocycles. The molecule has 0 radical (unpaired) electrons. The standard InChI is InChI=1S/C15H16ClN3OS/c1-9-2-7-12-13(8-9)21-15(18-12)19-14(20)17-11-5-3-10(16)4-6-11/h3-6,9H,2,7-8H2,1H3,(H2,17,18,19,20)/t9-/m1/s1. The molecule has 4 nitrogen and oxygen atoms in total. The normalized spacial score (nSPS) is 17.1. The Morgan fingerprint density at radius 3 is 2.86 bits per heavy atom. The van der Waals surface area contributed by atoms with Gasteiger partial charge in [0.2, 0.25) is 0 Å². The summed E-state index contributed by atoms with van der Waals surface area (Å²) in [5.74, 6) is 0.702. The van der Waals surface area contributed by atoms with Crippen LogP contribution in [0.25, 0.3) is 0 Å². The number of fused-ring (bicyclic) bond motifs is 1. The molecule has 0 saturated carbocycles. The number of carbonyl (C=O) groups is 1. The molecule has 110 valence electrons. The van der Waals surface area contributed by atoms with E-state index in [9.17, 15) is 4.79 Å². The van der Waals surface area contributed by atoms with Crippen LogP contribution in [0.15, 0.2) is 24.3 Å². The molecule has 0 aliphatic heterocycles. The first-order valence-electron chi connectivity index (χ1n) is 6.92. The van der Waals surface area contributed by atoms with Crippen LogP contribution >= 0.6 is 22.9 Å². The maximum absolute atomic E-state index is 12.0. The van der Waals surface area contributed by atoms with E-state index in [4.69, 9.17) is 11.6 Å². The molecule has 21 heavy (non-hydrogen) atoms. The first kappa shape index (κ1) is 14.4. The highest BCUT2D eigenvalue weighted by molar-refractivity contribution is 7.15. The van der Waals surface area contributed by atoms with Crippen molar-refractivity contribution in [1.82, 2.24) is 4.98 Å². The fraction of sp³-hybridized carbons (Fsp3) is 0.333. The van der Waals surface area contributed by atoms with Crippen molar-refractivity contribution in [1.29, 1.82) is 0 Å². The van der Waals surface area contributed by atoms with Crippen LogP contribution in [0.4, 0.5) is 15.6 Å². The number of urea groups is 1. The first-order valence-corrected chi connectivity index (χ1v) is 8.12. The second kappa shape index (κ2) is 6.03. The van der Waals surface area contributed by atoms with Crippen molar-refractivity contribution in [3.8, 4) is 0 Å². The molecule has 6 heteroatoms. The smallest absolute Gasteiger partial charge is 0.308 e. The van der Waals surface area contributed by atoms with E-state index in [1.807, 2.05) is 0 Å².